The van der Waals surface area contributed by atoms with Crippen molar-refractivity contribution in [3.63, 3.8) is 0 Å². The molecule has 1 aromatic rings. The highest BCUT2D eigenvalue weighted by Gasteiger charge is 2.06. The van der Waals surface area contributed by atoms with Crippen LogP contribution in [0.15, 0.2) is 11.4 Å². The molecule has 0 spiro atoms. The maximum Gasteiger partial charge on any atom is 0.249 e. The third kappa shape index (κ3) is 4.55. The minimum atomic E-state index is -0.350. The molecule has 0 aliphatic carbocycles. The predicted octanol–water partition coefficient (Wildman–Crippen LogP) is 2.08. The topological polar surface area (TPSA) is 55.1 Å². The first-order valence-electron chi connectivity index (χ1n) is 5.31. The number of carbonyl (C=O) groups is 1. The Morgan fingerprint density at radius 2 is 2.44 bits per heavy atom. The SMILES string of the molecule is CCSCC(C)NCc1cc(C(N)=O)cs1. The van der Waals surface area contributed by atoms with Crippen molar-refractivity contribution in [1.29, 1.82) is 0 Å². The molecule has 0 saturated carbocycles. The minimum absolute atomic E-state index is 0.350. The Labute approximate surface area is 105 Å². The molecule has 0 saturated heterocycles. The Kier molecular flexibility index (Phi) is 5.87. The molecular formula is C11H18N2OS2. The van der Waals surface area contributed by atoms with E-state index in [1.165, 1.54) is 0 Å². The lowest BCUT2D eigenvalue weighted by Gasteiger charge is -2.11. The van der Waals surface area contributed by atoms with Crippen molar-refractivity contribution < 1.29 is 4.79 Å². The number of thioether (sulfide) groups is 1. The van der Waals surface area contributed by atoms with Crippen LogP contribution in [0.4, 0.5) is 0 Å². The number of carbonyl (C=O) groups excluding carboxylic acids is 1. The molecule has 0 fully saturated rings. The van der Waals surface area contributed by atoms with Crippen molar-refractivity contribution in [3.05, 3.63) is 21.9 Å². The highest BCUT2D eigenvalue weighted by atomic mass is 32.2. The standard InChI is InChI=1S/C11H18N2OS2/c1-3-15-6-8(2)13-5-10-4-9(7-16-10)11(12)14/h4,7-8,13H,3,5-6H2,1-2H3,(H2,12,14). The smallest absolute Gasteiger partial charge is 0.249 e. The van der Waals surface area contributed by atoms with Gasteiger partial charge >= 0.3 is 0 Å². The lowest BCUT2D eigenvalue weighted by atomic mass is 10.3. The molecule has 1 atom stereocenters. The van der Waals surface area contributed by atoms with Gasteiger partial charge in [0.2, 0.25) is 5.91 Å². The summed E-state index contributed by atoms with van der Waals surface area (Å²) in [5, 5.41) is 5.23. The predicted molar refractivity (Wildman–Crippen MR) is 72.1 cm³/mol. The number of rotatable bonds is 7. The van der Waals surface area contributed by atoms with Gasteiger partial charge in [0.05, 0.1) is 5.56 Å². The Hall–Kier alpha value is -0.520. The molecule has 0 bridgehead atoms. The van der Waals surface area contributed by atoms with E-state index in [1.807, 2.05) is 23.2 Å². The van der Waals surface area contributed by atoms with E-state index in [9.17, 15) is 4.79 Å². The van der Waals surface area contributed by atoms with Gasteiger partial charge in [-0.3, -0.25) is 4.79 Å². The van der Waals surface area contributed by atoms with E-state index < -0.39 is 0 Å². The van der Waals surface area contributed by atoms with Gasteiger partial charge in [0.25, 0.3) is 0 Å². The van der Waals surface area contributed by atoms with Gasteiger partial charge in [-0.1, -0.05) is 6.92 Å². The van der Waals surface area contributed by atoms with Gasteiger partial charge in [-0.25, -0.2) is 0 Å². The van der Waals surface area contributed by atoms with E-state index in [1.54, 1.807) is 11.3 Å². The number of thiophene rings is 1. The molecule has 1 unspecified atom stereocenters. The first-order chi connectivity index (χ1) is 7.63. The van der Waals surface area contributed by atoms with Crippen LogP contribution in [-0.2, 0) is 6.54 Å². The zero-order valence-corrected chi connectivity index (χ0v) is 11.3. The summed E-state index contributed by atoms with van der Waals surface area (Å²) in [5.41, 5.74) is 5.80. The second kappa shape index (κ2) is 6.93. The number of nitrogens with one attached hydrogen (secondary N) is 1. The summed E-state index contributed by atoms with van der Waals surface area (Å²) in [5.74, 6) is 1.92. The quantitative estimate of drug-likeness (QED) is 0.787. The van der Waals surface area contributed by atoms with Crippen LogP contribution in [0.5, 0.6) is 0 Å². The number of amides is 1. The summed E-state index contributed by atoms with van der Waals surface area (Å²) < 4.78 is 0. The molecule has 0 aromatic carbocycles. The fourth-order valence-electron chi connectivity index (χ4n) is 1.23. The van der Waals surface area contributed by atoms with Gasteiger partial charge in [-0.05, 0) is 18.7 Å². The highest BCUT2D eigenvalue weighted by molar-refractivity contribution is 7.99. The highest BCUT2D eigenvalue weighted by Crippen LogP contribution is 2.14. The first kappa shape index (κ1) is 13.5. The van der Waals surface area contributed by atoms with Crippen LogP contribution in [0.3, 0.4) is 0 Å². The summed E-state index contributed by atoms with van der Waals surface area (Å²) >= 11 is 3.50. The largest absolute Gasteiger partial charge is 0.366 e. The van der Waals surface area contributed by atoms with Crippen LogP contribution in [0, 0.1) is 0 Å². The Morgan fingerprint density at radius 3 is 3.00 bits per heavy atom. The van der Waals surface area contributed by atoms with E-state index in [2.05, 4.69) is 19.2 Å². The number of hydrogen-bond donors (Lipinski definition) is 2. The Bertz CT molecular complexity index is 338. The van der Waals surface area contributed by atoms with Crippen molar-refractivity contribution in [2.75, 3.05) is 11.5 Å². The summed E-state index contributed by atoms with van der Waals surface area (Å²) in [7, 11) is 0. The summed E-state index contributed by atoms with van der Waals surface area (Å²) in [6.45, 7) is 5.14. The molecule has 1 amide bonds. The van der Waals surface area contributed by atoms with Crippen LogP contribution >= 0.6 is 23.1 Å². The fourth-order valence-corrected chi connectivity index (χ4v) is 2.76. The maximum atomic E-state index is 10.9. The lowest BCUT2D eigenvalue weighted by molar-refractivity contribution is 0.100. The molecule has 1 heterocycles. The average molecular weight is 258 g/mol. The third-order valence-electron chi connectivity index (χ3n) is 2.14. The van der Waals surface area contributed by atoms with Crippen molar-refractivity contribution >= 4 is 29.0 Å². The summed E-state index contributed by atoms with van der Waals surface area (Å²) in [6, 6.07) is 2.35. The van der Waals surface area contributed by atoms with Gasteiger partial charge in [0, 0.05) is 28.6 Å². The van der Waals surface area contributed by atoms with E-state index >= 15 is 0 Å². The minimum Gasteiger partial charge on any atom is -0.366 e. The second-order valence-corrected chi connectivity index (χ2v) is 5.92. The molecular weight excluding hydrogens is 240 g/mol. The van der Waals surface area contributed by atoms with Gasteiger partial charge < -0.3 is 11.1 Å². The number of hydrogen-bond acceptors (Lipinski definition) is 4. The maximum absolute atomic E-state index is 10.9. The van der Waals surface area contributed by atoms with E-state index in [0.717, 1.165) is 22.9 Å². The zero-order chi connectivity index (χ0) is 12.0. The third-order valence-corrected chi connectivity index (χ3v) is 4.22. The van der Waals surface area contributed by atoms with E-state index in [4.69, 9.17) is 5.73 Å². The average Bonchev–Trinajstić information content (AvgIpc) is 2.72. The molecule has 1 aromatic heterocycles. The van der Waals surface area contributed by atoms with Crippen LogP contribution in [0.25, 0.3) is 0 Å². The monoisotopic (exact) mass is 258 g/mol. The van der Waals surface area contributed by atoms with Crippen molar-refractivity contribution in [1.82, 2.24) is 5.32 Å². The number of nitrogens with two attached hydrogens (primary N) is 1. The van der Waals surface area contributed by atoms with Gasteiger partial charge in [-0.2, -0.15) is 11.8 Å². The zero-order valence-electron chi connectivity index (χ0n) is 9.66. The molecule has 0 radical (unpaired) electrons. The van der Waals surface area contributed by atoms with Crippen molar-refractivity contribution in [2.45, 2.75) is 26.4 Å². The molecule has 1 rings (SSSR count). The van der Waals surface area contributed by atoms with Gasteiger partial charge in [0.1, 0.15) is 0 Å². The molecule has 0 aliphatic rings. The molecule has 90 valence electrons. The van der Waals surface area contributed by atoms with Gasteiger partial charge in [-0.15, -0.1) is 11.3 Å². The van der Waals surface area contributed by atoms with E-state index in [-0.39, 0.29) is 5.91 Å². The fraction of sp³-hybridized carbons (Fsp3) is 0.545. The van der Waals surface area contributed by atoms with Crippen LogP contribution in [0.1, 0.15) is 29.1 Å². The first-order valence-corrected chi connectivity index (χ1v) is 7.35. The lowest BCUT2D eigenvalue weighted by Crippen LogP contribution is -2.27. The second-order valence-electron chi connectivity index (χ2n) is 3.61. The normalized spacial score (nSPS) is 12.6. The van der Waals surface area contributed by atoms with Gasteiger partial charge in [0.15, 0.2) is 0 Å². The Balaban J connectivity index is 2.33. The molecule has 3 N–H and O–H groups in total. The van der Waals surface area contributed by atoms with Crippen molar-refractivity contribution in [3.8, 4) is 0 Å². The molecule has 5 heteroatoms. The molecule has 3 nitrogen and oxygen atoms in total. The van der Waals surface area contributed by atoms with Crippen LogP contribution < -0.4 is 11.1 Å². The summed E-state index contributed by atoms with van der Waals surface area (Å²) in [6.07, 6.45) is 0. The van der Waals surface area contributed by atoms with Crippen molar-refractivity contribution in [2.24, 2.45) is 5.73 Å². The van der Waals surface area contributed by atoms with E-state index in [0.29, 0.717) is 11.6 Å². The molecule has 16 heavy (non-hydrogen) atoms. The summed E-state index contributed by atoms with van der Waals surface area (Å²) in [4.78, 5) is 12.1. The number of primary amides is 1. The van der Waals surface area contributed by atoms with Crippen LogP contribution in [-0.4, -0.2) is 23.5 Å². The molecule has 0 aliphatic heterocycles. The Morgan fingerprint density at radius 1 is 1.69 bits per heavy atom. The van der Waals surface area contributed by atoms with Crippen LogP contribution in [0.2, 0.25) is 0 Å².